The summed E-state index contributed by atoms with van der Waals surface area (Å²) >= 11 is 0. The molecule has 0 bridgehead atoms. The van der Waals surface area contributed by atoms with Gasteiger partial charge < -0.3 is 15.4 Å². The predicted octanol–water partition coefficient (Wildman–Crippen LogP) is 1.20. The van der Waals surface area contributed by atoms with Crippen molar-refractivity contribution in [1.29, 1.82) is 0 Å². The van der Waals surface area contributed by atoms with Gasteiger partial charge in [-0.05, 0) is 31.7 Å². The molecule has 5 heteroatoms. The quantitative estimate of drug-likeness (QED) is 0.712. The van der Waals surface area contributed by atoms with Crippen molar-refractivity contribution in [3.63, 3.8) is 0 Å². The molecule has 2 amide bonds. The minimum atomic E-state index is -0.00567. The van der Waals surface area contributed by atoms with E-state index >= 15 is 0 Å². The van der Waals surface area contributed by atoms with E-state index in [2.05, 4.69) is 15.5 Å². The molecule has 110 valence electrons. The van der Waals surface area contributed by atoms with Gasteiger partial charge in [0.2, 0.25) is 0 Å². The number of ether oxygens (including phenoxy) is 1. The Hall–Kier alpha value is -0.810. The molecule has 1 heterocycles. The molecule has 1 aliphatic heterocycles. The maximum absolute atomic E-state index is 11.6. The van der Waals surface area contributed by atoms with E-state index in [0.29, 0.717) is 5.92 Å². The van der Waals surface area contributed by atoms with Crippen LogP contribution in [0.15, 0.2) is 0 Å². The van der Waals surface area contributed by atoms with Crippen LogP contribution in [0.5, 0.6) is 0 Å². The molecular weight excluding hydrogens is 242 g/mol. The van der Waals surface area contributed by atoms with Crippen molar-refractivity contribution in [2.45, 2.75) is 32.1 Å². The molecule has 0 aromatic rings. The average Bonchev–Trinajstić information content (AvgIpc) is 2.96. The summed E-state index contributed by atoms with van der Waals surface area (Å²) in [5, 5.41) is 5.92. The van der Waals surface area contributed by atoms with Crippen molar-refractivity contribution in [3.8, 4) is 0 Å². The van der Waals surface area contributed by atoms with Gasteiger partial charge in [0.1, 0.15) is 0 Å². The van der Waals surface area contributed by atoms with E-state index < -0.39 is 0 Å². The van der Waals surface area contributed by atoms with Gasteiger partial charge in [-0.2, -0.15) is 0 Å². The normalized spacial score (nSPS) is 21.5. The summed E-state index contributed by atoms with van der Waals surface area (Å²) in [5.74, 6) is 0.707. The number of amides is 2. The molecule has 0 radical (unpaired) electrons. The summed E-state index contributed by atoms with van der Waals surface area (Å²) in [7, 11) is 0. The van der Waals surface area contributed by atoms with Crippen LogP contribution in [0.25, 0.3) is 0 Å². The molecule has 1 saturated heterocycles. The second-order valence-electron chi connectivity index (χ2n) is 5.59. The highest BCUT2D eigenvalue weighted by atomic mass is 16.5. The number of carbonyl (C=O) groups is 1. The third kappa shape index (κ3) is 5.78. The van der Waals surface area contributed by atoms with Crippen molar-refractivity contribution < 1.29 is 9.53 Å². The molecule has 1 saturated carbocycles. The number of rotatable bonds is 6. The van der Waals surface area contributed by atoms with E-state index in [9.17, 15) is 4.79 Å². The number of hydrogen-bond donors (Lipinski definition) is 2. The van der Waals surface area contributed by atoms with Crippen LogP contribution in [0.2, 0.25) is 0 Å². The van der Waals surface area contributed by atoms with E-state index in [1.54, 1.807) is 0 Å². The molecule has 0 spiro atoms. The van der Waals surface area contributed by atoms with Gasteiger partial charge in [0.15, 0.2) is 0 Å². The largest absolute Gasteiger partial charge is 0.379 e. The van der Waals surface area contributed by atoms with E-state index in [4.69, 9.17) is 4.74 Å². The van der Waals surface area contributed by atoms with Gasteiger partial charge in [-0.3, -0.25) is 4.90 Å². The van der Waals surface area contributed by atoms with E-state index in [1.807, 2.05) is 0 Å². The van der Waals surface area contributed by atoms with Crippen molar-refractivity contribution in [2.75, 3.05) is 45.9 Å². The first-order valence-electron chi connectivity index (χ1n) is 7.66. The minimum absolute atomic E-state index is 0.00567. The number of nitrogens with zero attached hydrogens (tertiary/aromatic N) is 1. The number of hydrogen-bond acceptors (Lipinski definition) is 3. The predicted molar refractivity (Wildman–Crippen MR) is 75.2 cm³/mol. The maximum atomic E-state index is 11.6. The summed E-state index contributed by atoms with van der Waals surface area (Å²) in [4.78, 5) is 14.0. The zero-order chi connectivity index (χ0) is 13.3. The van der Waals surface area contributed by atoms with Crippen LogP contribution in [-0.4, -0.2) is 56.9 Å². The molecular formula is C14H27N3O2. The molecule has 2 rings (SSSR count). The van der Waals surface area contributed by atoms with Crippen LogP contribution in [0.4, 0.5) is 4.79 Å². The van der Waals surface area contributed by atoms with Gasteiger partial charge in [0, 0.05) is 26.2 Å². The average molecular weight is 269 g/mol. The number of nitrogens with one attached hydrogen (secondary N) is 2. The summed E-state index contributed by atoms with van der Waals surface area (Å²) in [5.41, 5.74) is 0. The molecule has 2 N–H and O–H groups in total. The maximum Gasteiger partial charge on any atom is 0.314 e. The summed E-state index contributed by atoms with van der Waals surface area (Å²) in [6, 6.07) is -0.00567. The SMILES string of the molecule is O=C(NCCCN1CCOCC1)NCC1CCCC1. The van der Waals surface area contributed by atoms with Crippen LogP contribution in [-0.2, 0) is 4.74 Å². The Bertz CT molecular complexity index is 261. The Morgan fingerprint density at radius 1 is 1.16 bits per heavy atom. The fraction of sp³-hybridized carbons (Fsp3) is 0.929. The Labute approximate surface area is 116 Å². The van der Waals surface area contributed by atoms with E-state index in [0.717, 1.165) is 52.4 Å². The van der Waals surface area contributed by atoms with Crippen LogP contribution in [0.3, 0.4) is 0 Å². The molecule has 0 atom stereocenters. The standard InChI is InChI=1S/C14H27N3O2/c18-14(16-12-13-4-1-2-5-13)15-6-3-7-17-8-10-19-11-9-17/h13H,1-12H2,(H2,15,16,18). The summed E-state index contributed by atoms with van der Waals surface area (Å²) in [6.07, 6.45) is 6.21. The number of morpholine rings is 1. The van der Waals surface area contributed by atoms with Crippen LogP contribution < -0.4 is 10.6 Å². The lowest BCUT2D eigenvalue weighted by molar-refractivity contribution is 0.0375. The molecule has 2 aliphatic rings. The highest BCUT2D eigenvalue weighted by Gasteiger charge is 2.15. The van der Waals surface area contributed by atoms with E-state index in [1.165, 1.54) is 25.7 Å². The molecule has 0 unspecified atom stereocenters. The van der Waals surface area contributed by atoms with Crippen molar-refractivity contribution in [2.24, 2.45) is 5.92 Å². The topological polar surface area (TPSA) is 53.6 Å². The molecule has 2 fully saturated rings. The van der Waals surface area contributed by atoms with Gasteiger partial charge in [-0.25, -0.2) is 4.79 Å². The molecule has 1 aliphatic carbocycles. The van der Waals surface area contributed by atoms with Gasteiger partial charge in [-0.15, -0.1) is 0 Å². The fourth-order valence-electron chi connectivity index (χ4n) is 2.84. The zero-order valence-corrected chi connectivity index (χ0v) is 11.8. The Morgan fingerprint density at radius 2 is 1.89 bits per heavy atom. The third-order valence-corrected chi connectivity index (χ3v) is 4.07. The Morgan fingerprint density at radius 3 is 2.63 bits per heavy atom. The van der Waals surface area contributed by atoms with Crippen LogP contribution in [0.1, 0.15) is 32.1 Å². The molecule has 5 nitrogen and oxygen atoms in total. The second-order valence-corrected chi connectivity index (χ2v) is 5.59. The van der Waals surface area contributed by atoms with Gasteiger partial charge >= 0.3 is 6.03 Å². The van der Waals surface area contributed by atoms with Crippen LogP contribution in [0, 0.1) is 5.92 Å². The third-order valence-electron chi connectivity index (χ3n) is 4.07. The zero-order valence-electron chi connectivity index (χ0n) is 11.8. The molecule has 0 aromatic heterocycles. The highest BCUT2D eigenvalue weighted by Crippen LogP contribution is 2.23. The molecule has 19 heavy (non-hydrogen) atoms. The smallest absolute Gasteiger partial charge is 0.314 e. The van der Waals surface area contributed by atoms with Crippen molar-refractivity contribution in [3.05, 3.63) is 0 Å². The number of carbonyl (C=O) groups excluding carboxylic acids is 1. The monoisotopic (exact) mass is 269 g/mol. The summed E-state index contributed by atoms with van der Waals surface area (Å²) in [6.45, 7) is 6.38. The Kier molecular flexibility index (Phi) is 6.44. The highest BCUT2D eigenvalue weighted by molar-refractivity contribution is 5.73. The first kappa shape index (κ1) is 14.6. The minimum Gasteiger partial charge on any atom is -0.379 e. The first-order chi connectivity index (χ1) is 9.34. The fourth-order valence-corrected chi connectivity index (χ4v) is 2.84. The van der Waals surface area contributed by atoms with Crippen LogP contribution >= 0.6 is 0 Å². The van der Waals surface area contributed by atoms with Gasteiger partial charge in [-0.1, -0.05) is 12.8 Å². The first-order valence-corrected chi connectivity index (χ1v) is 7.66. The van der Waals surface area contributed by atoms with E-state index in [-0.39, 0.29) is 6.03 Å². The van der Waals surface area contributed by atoms with Gasteiger partial charge in [0.25, 0.3) is 0 Å². The van der Waals surface area contributed by atoms with Crippen molar-refractivity contribution >= 4 is 6.03 Å². The van der Waals surface area contributed by atoms with Gasteiger partial charge in [0.05, 0.1) is 13.2 Å². The lowest BCUT2D eigenvalue weighted by Crippen LogP contribution is -2.40. The Balaban J connectivity index is 1.44. The molecule has 0 aromatic carbocycles. The second kappa shape index (κ2) is 8.38. The van der Waals surface area contributed by atoms with Crippen molar-refractivity contribution in [1.82, 2.24) is 15.5 Å². The summed E-state index contributed by atoms with van der Waals surface area (Å²) < 4.78 is 5.30. The lowest BCUT2D eigenvalue weighted by Gasteiger charge is -2.26. The number of urea groups is 1. The lowest BCUT2D eigenvalue weighted by atomic mass is 10.1.